The molecule has 0 aliphatic carbocycles. The maximum atomic E-state index is 13.2. The van der Waals surface area contributed by atoms with Crippen LogP contribution in [0.4, 0.5) is 4.39 Å². The summed E-state index contributed by atoms with van der Waals surface area (Å²) >= 11 is 3.24. The lowest BCUT2D eigenvalue weighted by Crippen LogP contribution is -1.97. The second-order valence-electron chi connectivity index (χ2n) is 4.31. The third-order valence-corrected chi connectivity index (χ3v) is 3.15. The van der Waals surface area contributed by atoms with Crippen molar-refractivity contribution in [1.82, 2.24) is 0 Å². The first-order chi connectivity index (χ1) is 9.04. The molecule has 0 radical (unpaired) electrons. The van der Waals surface area contributed by atoms with Gasteiger partial charge in [-0.3, -0.25) is 0 Å². The third-order valence-electron chi connectivity index (χ3n) is 2.69. The van der Waals surface area contributed by atoms with Gasteiger partial charge in [-0.2, -0.15) is 0 Å². The zero-order valence-corrected chi connectivity index (χ0v) is 12.0. The first kappa shape index (κ1) is 14.0. The van der Waals surface area contributed by atoms with Gasteiger partial charge in [0.1, 0.15) is 18.2 Å². The SMILES string of the molecule is CC(O)c1ccc(OCc2cc(F)cc(Br)c2)cc1. The van der Waals surface area contributed by atoms with E-state index in [2.05, 4.69) is 15.9 Å². The van der Waals surface area contributed by atoms with Crippen molar-refractivity contribution in [3.63, 3.8) is 0 Å². The fourth-order valence-corrected chi connectivity index (χ4v) is 2.22. The molecular formula is C15H14BrFO2. The van der Waals surface area contributed by atoms with Gasteiger partial charge in [-0.25, -0.2) is 4.39 Å². The number of rotatable bonds is 4. The molecule has 0 aromatic heterocycles. The molecule has 2 aromatic rings. The lowest BCUT2D eigenvalue weighted by molar-refractivity contribution is 0.199. The number of hydrogen-bond acceptors (Lipinski definition) is 2. The largest absolute Gasteiger partial charge is 0.489 e. The molecule has 19 heavy (non-hydrogen) atoms. The van der Waals surface area contributed by atoms with Gasteiger partial charge in [0.25, 0.3) is 0 Å². The van der Waals surface area contributed by atoms with E-state index in [0.29, 0.717) is 16.8 Å². The highest BCUT2D eigenvalue weighted by Gasteiger charge is 2.03. The Morgan fingerprint density at radius 1 is 1.21 bits per heavy atom. The summed E-state index contributed by atoms with van der Waals surface area (Å²) in [6, 6.07) is 11.8. The molecule has 2 aromatic carbocycles. The molecular weight excluding hydrogens is 311 g/mol. The van der Waals surface area contributed by atoms with Crippen molar-refractivity contribution in [2.45, 2.75) is 19.6 Å². The number of aliphatic hydroxyl groups excluding tert-OH is 1. The predicted molar refractivity (Wildman–Crippen MR) is 75.5 cm³/mol. The van der Waals surface area contributed by atoms with Gasteiger partial charge in [0, 0.05) is 4.47 Å². The molecule has 2 rings (SSSR count). The topological polar surface area (TPSA) is 29.5 Å². The van der Waals surface area contributed by atoms with Gasteiger partial charge in [0.2, 0.25) is 0 Å². The van der Waals surface area contributed by atoms with Crippen LogP contribution in [0.2, 0.25) is 0 Å². The summed E-state index contributed by atoms with van der Waals surface area (Å²) in [5.74, 6) is 0.391. The van der Waals surface area contributed by atoms with Gasteiger partial charge >= 0.3 is 0 Å². The molecule has 0 amide bonds. The van der Waals surface area contributed by atoms with E-state index >= 15 is 0 Å². The van der Waals surface area contributed by atoms with Gasteiger partial charge < -0.3 is 9.84 Å². The average molecular weight is 325 g/mol. The molecule has 0 spiro atoms. The molecule has 1 unspecified atom stereocenters. The van der Waals surface area contributed by atoms with Crippen LogP contribution in [0.15, 0.2) is 46.9 Å². The van der Waals surface area contributed by atoms with E-state index in [9.17, 15) is 9.50 Å². The van der Waals surface area contributed by atoms with Crippen LogP contribution in [0, 0.1) is 5.82 Å². The van der Waals surface area contributed by atoms with Gasteiger partial charge in [-0.15, -0.1) is 0 Å². The fraction of sp³-hybridized carbons (Fsp3) is 0.200. The molecule has 0 saturated heterocycles. The monoisotopic (exact) mass is 324 g/mol. The normalized spacial score (nSPS) is 12.2. The Morgan fingerprint density at radius 3 is 2.47 bits per heavy atom. The summed E-state index contributed by atoms with van der Waals surface area (Å²) in [6.45, 7) is 2.00. The number of benzene rings is 2. The minimum Gasteiger partial charge on any atom is -0.489 e. The Kier molecular flexibility index (Phi) is 4.56. The van der Waals surface area contributed by atoms with Crippen LogP contribution >= 0.6 is 15.9 Å². The van der Waals surface area contributed by atoms with Crippen molar-refractivity contribution in [2.75, 3.05) is 0 Å². The van der Waals surface area contributed by atoms with Crippen molar-refractivity contribution in [1.29, 1.82) is 0 Å². The highest BCUT2D eigenvalue weighted by Crippen LogP contribution is 2.20. The number of halogens is 2. The molecule has 0 aliphatic rings. The zero-order valence-electron chi connectivity index (χ0n) is 10.4. The third kappa shape index (κ3) is 4.04. The maximum Gasteiger partial charge on any atom is 0.124 e. The molecule has 0 fully saturated rings. The first-order valence-electron chi connectivity index (χ1n) is 5.90. The van der Waals surface area contributed by atoms with Crippen molar-refractivity contribution in [3.05, 3.63) is 63.9 Å². The second kappa shape index (κ2) is 6.17. The van der Waals surface area contributed by atoms with Crippen LogP contribution in [0.5, 0.6) is 5.75 Å². The van der Waals surface area contributed by atoms with Crippen LogP contribution in [0.1, 0.15) is 24.2 Å². The van der Waals surface area contributed by atoms with Crippen LogP contribution in [0.3, 0.4) is 0 Å². The van der Waals surface area contributed by atoms with E-state index in [1.165, 1.54) is 12.1 Å². The number of aliphatic hydroxyl groups is 1. The minimum absolute atomic E-state index is 0.294. The summed E-state index contributed by atoms with van der Waals surface area (Å²) < 4.78 is 19.4. The minimum atomic E-state index is -0.492. The van der Waals surface area contributed by atoms with Crippen LogP contribution < -0.4 is 4.74 Å². The molecule has 4 heteroatoms. The van der Waals surface area contributed by atoms with Crippen molar-refractivity contribution in [3.8, 4) is 5.75 Å². The molecule has 100 valence electrons. The number of hydrogen-bond donors (Lipinski definition) is 1. The van der Waals surface area contributed by atoms with E-state index in [1.54, 1.807) is 19.1 Å². The molecule has 1 N–H and O–H groups in total. The molecule has 2 nitrogen and oxygen atoms in total. The average Bonchev–Trinajstić information content (AvgIpc) is 2.36. The summed E-state index contributed by atoms with van der Waals surface area (Å²) in [6.07, 6.45) is -0.492. The molecule has 0 aliphatic heterocycles. The van der Waals surface area contributed by atoms with Gasteiger partial charge in [-0.1, -0.05) is 28.1 Å². The van der Waals surface area contributed by atoms with Crippen molar-refractivity contribution in [2.24, 2.45) is 0 Å². The van der Waals surface area contributed by atoms with Gasteiger partial charge in [0.05, 0.1) is 6.10 Å². The van der Waals surface area contributed by atoms with E-state index in [1.807, 2.05) is 18.2 Å². The van der Waals surface area contributed by atoms with Gasteiger partial charge in [0.15, 0.2) is 0 Å². The Bertz CT molecular complexity index is 532. The van der Waals surface area contributed by atoms with Gasteiger partial charge in [-0.05, 0) is 48.4 Å². The predicted octanol–water partition coefficient (Wildman–Crippen LogP) is 4.22. The Labute approximate surface area is 120 Å². The lowest BCUT2D eigenvalue weighted by Gasteiger charge is -2.09. The Balaban J connectivity index is 2.02. The van der Waals surface area contributed by atoms with E-state index in [0.717, 1.165) is 11.1 Å². The molecule has 0 saturated carbocycles. The molecule has 0 heterocycles. The summed E-state index contributed by atoms with van der Waals surface area (Å²) in [4.78, 5) is 0. The standard InChI is InChI=1S/C15H14BrFO2/c1-10(18)12-2-4-15(5-3-12)19-9-11-6-13(16)8-14(17)7-11/h2-8,10,18H,9H2,1H3. The Hall–Kier alpha value is -1.39. The van der Waals surface area contributed by atoms with Crippen LogP contribution in [-0.4, -0.2) is 5.11 Å². The van der Waals surface area contributed by atoms with Crippen LogP contribution in [-0.2, 0) is 6.61 Å². The fourth-order valence-electron chi connectivity index (χ4n) is 1.70. The first-order valence-corrected chi connectivity index (χ1v) is 6.69. The van der Waals surface area contributed by atoms with Crippen LogP contribution in [0.25, 0.3) is 0 Å². The van der Waals surface area contributed by atoms with E-state index < -0.39 is 6.10 Å². The smallest absolute Gasteiger partial charge is 0.124 e. The summed E-state index contributed by atoms with van der Waals surface area (Å²) in [7, 11) is 0. The van der Waals surface area contributed by atoms with E-state index in [-0.39, 0.29) is 5.82 Å². The quantitative estimate of drug-likeness (QED) is 0.912. The van der Waals surface area contributed by atoms with Crippen molar-refractivity contribution >= 4 is 15.9 Å². The highest BCUT2D eigenvalue weighted by molar-refractivity contribution is 9.10. The lowest BCUT2D eigenvalue weighted by atomic mass is 10.1. The Morgan fingerprint density at radius 2 is 1.89 bits per heavy atom. The number of ether oxygens (including phenoxy) is 1. The maximum absolute atomic E-state index is 13.2. The van der Waals surface area contributed by atoms with Crippen molar-refractivity contribution < 1.29 is 14.2 Å². The summed E-state index contributed by atoms with van der Waals surface area (Å²) in [5.41, 5.74) is 1.59. The van der Waals surface area contributed by atoms with E-state index in [4.69, 9.17) is 4.74 Å². The molecule has 1 atom stereocenters. The summed E-state index contributed by atoms with van der Waals surface area (Å²) in [5, 5.41) is 9.40. The zero-order chi connectivity index (χ0) is 13.8. The molecule has 0 bridgehead atoms. The second-order valence-corrected chi connectivity index (χ2v) is 5.23. The highest BCUT2D eigenvalue weighted by atomic mass is 79.9.